The van der Waals surface area contributed by atoms with Gasteiger partial charge in [0.2, 0.25) is 0 Å². The number of hydrogen-bond donors (Lipinski definition) is 0. The molecule has 1 aliphatic rings. The quantitative estimate of drug-likeness (QED) is 0.532. The SMILES string of the molecule is O=c1sc2c(s1)SCCCSc1sc(=O)sc1SCCCS2. The molecule has 10 heteroatoms. The van der Waals surface area contributed by atoms with Gasteiger partial charge in [0.15, 0.2) is 0 Å². The van der Waals surface area contributed by atoms with Gasteiger partial charge in [0, 0.05) is 0 Å². The molecule has 0 spiro atoms. The van der Waals surface area contributed by atoms with Crippen LogP contribution in [0.25, 0.3) is 0 Å². The second-order valence-corrected chi connectivity index (χ2v) is 14.1. The summed E-state index contributed by atoms with van der Waals surface area (Å²) < 4.78 is 5.24. The van der Waals surface area contributed by atoms with Crippen molar-refractivity contribution in [1.82, 2.24) is 0 Å². The van der Waals surface area contributed by atoms with E-state index in [-0.39, 0.29) is 8.11 Å². The second kappa shape index (κ2) is 8.98. The fourth-order valence-corrected chi connectivity index (χ4v) is 12.5. The molecule has 1 aliphatic heterocycles. The maximum Gasteiger partial charge on any atom is 0.289 e. The van der Waals surface area contributed by atoms with Crippen LogP contribution in [0.5, 0.6) is 0 Å². The van der Waals surface area contributed by atoms with Crippen LogP contribution in [-0.2, 0) is 0 Å². The minimum atomic E-state index is 0.213. The lowest BCUT2D eigenvalue weighted by molar-refractivity contribution is 1.11. The van der Waals surface area contributed by atoms with Crippen molar-refractivity contribution >= 4 is 92.4 Å². The Bertz CT molecular complexity index is 609. The smallest absolute Gasteiger partial charge is 0.265 e. The summed E-state index contributed by atoms with van der Waals surface area (Å²) in [6.45, 7) is 0. The molecule has 3 rings (SSSR count). The molecular weight excluding hydrogens is 433 g/mol. The van der Waals surface area contributed by atoms with Crippen LogP contribution in [0.3, 0.4) is 0 Å². The lowest BCUT2D eigenvalue weighted by atomic mass is 10.6. The molecule has 2 aromatic heterocycles. The second-order valence-electron chi connectivity index (χ2n) is 4.16. The molecular formula is C12H12O2S8. The predicted octanol–water partition coefficient (Wildman–Crippen LogP) is 5.52. The molecule has 0 radical (unpaired) electrons. The van der Waals surface area contributed by atoms with E-state index in [4.69, 9.17) is 0 Å². The molecule has 0 saturated carbocycles. The summed E-state index contributed by atoms with van der Waals surface area (Å²) in [5.41, 5.74) is 0. The monoisotopic (exact) mass is 444 g/mol. The first-order valence-electron chi connectivity index (χ1n) is 6.51. The number of hydrogen-bond acceptors (Lipinski definition) is 10. The van der Waals surface area contributed by atoms with E-state index in [1.165, 1.54) is 62.2 Å². The van der Waals surface area contributed by atoms with Gasteiger partial charge >= 0.3 is 0 Å². The van der Waals surface area contributed by atoms with Gasteiger partial charge in [-0.2, -0.15) is 0 Å². The maximum absolute atomic E-state index is 11.6. The molecule has 120 valence electrons. The first kappa shape index (κ1) is 17.9. The number of fused-ring (bicyclic) bond motifs is 2. The molecule has 0 amide bonds. The van der Waals surface area contributed by atoms with Gasteiger partial charge < -0.3 is 0 Å². The Labute approximate surface area is 161 Å². The number of rotatable bonds is 0. The Kier molecular flexibility index (Phi) is 7.31. The van der Waals surface area contributed by atoms with E-state index in [1.54, 1.807) is 0 Å². The summed E-state index contributed by atoms with van der Waals surface area (Å²) in [6.07, 6.45) is 2.19. The van der Waals surface area contributed by atoms with Crippen molar-refractivity contribution in [1.29, 1.82) is 0 Å². The Balaban J connectivity index is 1.69. The van der Waals surface area contributed by atoms with Crippen LogP contribution in [-0.4, -0.2) is 23.0 Å². The van der Waals surface area contributed by atoms with Crippen LogP contribution in [0.1, 0.15) is 12.8 Å². The van der Waals surface area contributed by atoms with Crippen molar-refractivity contribution in [2.24, 2.45) is 0 Å². The highest BCUT2D eigenvalue weighted by molar-refractivity contribution is 8.06. The van der Waals surface area contributed by atoms with E-state index in [0.29, 0.717) is 0 Å². The topological polar surface area (TPSA) is 34.1 Å². The van der Waals surface area contributed by atoms with Gasteiger partial charge in [-0.05, 0) is 35.9 Å². The largest absolute Gasteiger partial charge is 0.289 e. The summed E-state index contributed by atoms with van der Waals surface area (Å²) in [6, 6.07) is 0. The van der Waals surface area contributed by atoms with E-state index in [0.717, 1.165) is 35.9 Å². The predicted molar refractivity (Wildman–Crippen MR) is 109 cm³/mol. The van der Waals surface area contributed by atoms with Crippen molar-refractivity contribution in [3.8, 4) is 0 Å². The third-order valence-corrected chi connectivity index (χ3v) is 13.1. The van der Waals surface area contributed by atoms with Gasteiger partial charge in [0.1, 0.15) is 0 Å². The molecule has 0 aromatic carbocycles. The van der Waals surface area contributed by atoms with Gasteiger partial charge in [0.25, 0.3) is 8.11 Å². The van der Waals surface area contributed by atoms with E-state index < -0.39 is 0 Å². The van der Waals surface area contributed by atoms with E-state index in [1.807, 2.05) is 47.0 Å². The molecule has 3 heterocycles. The van der Waals surface area contributed by atoms with E-state index >= 15 is 0 Å². The summed E-state index contributed by atoms with van der Waals surface area (Å²) in [5, 5.41) is 0. The van der Waals surface area contributed by atoms with Gasteiger partial charge in [0.05, 0.1) is 16.8 Å². The highest BCUT2D eigenvalue weighted by Gasteiger charge is 2.13. The molecule has 0 atom stereocenters. The van der Waals surface area contributed by atoms with Crippen LogP contribution in [0.2, 0.25) is 0 Å². The molecule has 0 unspecified atom stereocenters. The molecule has 22 heavy (non-hydrogen) atoms. The third-order valence-electron chi connectivity index (χ3n) is 2.55. The van der Waals surface area contributed by atoms with Crippen molar-refractivity contribution in [2.75, 3.05) is 23.0 Å². The molecule has 2 aromatic rings. The van der Waals surface area contributed by atoms with Gasteiger partial charge in [-0.15, -0.1) is 47.0 Å². The van der Waals surface area contributed by atoms with E-state index in [2.05, 4.69) is 0 Å². The summed E-state index contributed by atoms with van der Waals surface area (Å²) in [7, 11) is 0. The Morgan fingerprint density at radius 1 is 0.500 bits per heavy atom. The lowest BCUT2D eigenvalue weighted by Crippen LogP contribution is -1.87. The van der Waals surface area contributed by atoms with Crippen molar-refractivity contribution in [2.45, 2.75) is 29.7 Å². The summed E-state index contributed by atoms with van der Waals surface area (Å²) >= 11 is 12.8. The van der Waals surface area contributed by atoms with Crippen LogP contribution in [0, 0.1) is 0 Å². The first-order valence-corrected chi connectivity index (χ1v) is 13.7. The molecule has 0 bridgehead atoms. The van der Waals surface area contributed by atoms with Crippen molar-refractivity contribution in [3.63, 3.8) is 0 Å². The average molecular weight is 445 g/mol. The lowest BCUT2D eigenvalue weighted by Gasteiger charge is -2.06. The summed E-state index contributed by atoms with van der Waals surface area (Å²) in [5.74, 6) is 4.15. The molecule has 0 fully saturated rings. The molecule has 0 saturated heterocycles. The highest BCUT2D eigenvalue weighted by Crippen LogP contribution is 2.40. The van der Waals surface area contributed by atoms with Crippen LogP contribution < -0.4 is 8.11 Å². The normalized spacial score (nSPS) is 17.5. The van der Waals surface area contributed by atoms with Gasteiger partial charge in [-0.25, -0.2) is 0 Å². The van der Waals surface area contributed by atoms with Gasteiger partial charge in [-0.3, -0.25) is 9.59 Å². The fourth-order valence-electron chi connectivity index (χ4n) is 1.64. The fraction of sp³-hybridized carbons (Fsp3) is 0.500. The molecule has 2 nitrogen and oxygen atoms in total. The van der Waals surface area contributed by atoms with Crippen LogP contribution in [0.4, 0.5) is 0 Å². The maximum atomic E-state index is 11.6. The zero-order valence-corrected chi connectivity index (χ0v) is 17.9. The Morgan fingerprint density at radius 3 is 1.05 bits per heavy atom. The molecule has 0 N–H and O–H groups in total. The number of thioether (sulfide) groups is 4. The minimum Gasteiger partial charge on any atom is -0.265 e. The van der Waals surface area contributed by atoms with Crippen molar-refractivity contribution < 1.29 is 0 Å². The highest BCUT2D eigenvalue weighted by atomic mass is 32.2. The Morgan fingerprint density at radius 2 is 0.773 bits per heavy atom. The van der Waals surface area contributed by atoms with Crippen molar-refractivity contribution in [3.05, 3.63) is 17.7 Å². The molecule has 0 aliphatic carbocycles. The minimum absolute atomic E-state index is 0.213. The van der Waals surface area contributed by atoms with Crippen LogP contribution in [0.15, 0.2) is 26.4 Å². The first-order chi connectivity index (χ1) is 10.7. The standard InChI is InChI=1S/C12H12O2S8/c13-11-19-7-9(21-11)17-5-2-6-18-10-8(20-12(14)22-10)16-4-1-3-15-7/h1-6H2. The van der Waals surface area contributed by atoms with Gasteiger partial charge in [-0.1, -0.05) is 45.3 Å². The zero-order valence-electron chi connectivity index (χ0n) is 11.3. The van der Waals surface area contributed by atoms with E-state index in [9.17, 15) is 9.59 Å². The zero-order chi connectivity index (χ0) is 15.4. The van der Waals surface area contributed by atoms with Crippen LogP contribution >= 0.6 is 92.4 Å². The average Bonchev–Trinajstić information content (AvgIpc) is 3.00. The summed E-state index contributed by atoms with van der Waals surface area (Å²) in [4.78, 5) is 23.2. The third kappa shape index (κ3) is 5.05. The Hall–Kier alpha value is 1.10.